The van der Waals surface area contributed by atoms with Crippen molar-refractivity contribution in [2.75, 3.05) is 19.5 Å². The lowest BCUT2D eigenvalue weighted by molar-refractivity contribution is 0.102. The van der Waals surface area contributed by atoms with E-state index < -0.39 is 0 Å². The molecule has 6 nitrogen and oxygen atoms in total. The molecule has 0 saturated heterocycles. The second-order valence-electron chi connectivity index (χ2n) is 5.77. The Labute approximate surface area is 156 Å². The number of carbonyl (C=O) groups is 1. The van der Waals surface area contributed by atoms with E-state index in [0.717, 1.165) is 28.7 Å². The number of furan rings is 1. The fraction of sp³-hybridized carbons (Fsp3) is 0.316. The summed E-state index contributed by atoms with van der Waals surface area (Å²) in [6.45, 7) is 3.26. The van der Waals surface area contributed by atoms with E-state index in [2.05, 4.69) is 10.2 Å². The third-order valence-corrected chi connectivity index (χ3v) is 4.94. The second-order valence-corrected chi connectivity index (χ2v) is 6.72. The number of nitrogens with zero attached hydrogens (tertiary/aromatic N) is 3. The molecule has 3 rings (SSSR count). The van der Waals surface area contributed by atoms with Crippen molar-refractivity contribution in [2.24, 2.45) is 0 Å². The number of rotatable bonds is 9. The zero-order valence-corrected chi connectivity index (χ0v) is 15.7. The molecule has 7 heteroatoms. The number of thioether (sulfide) groups is 1. The van der Waals surface area contributed by atoms with Crippen molar-refractivity contribution in [2.45, 2.75) is 25.0 Å². The van der Waals surface area contributed by atoms with Crippen LogP contribution in [0.2, 0.25) is 0 Å². The fourth-order valence-electron chi connectivity index (χ4n) is 2.62. The molecule has 3 aromatic rings. The number of ether oxygens (including phenoxy) is 1. The van der Waals surface area contributed by atoms with Crippen LogP contribution in [0.5, 0.6) is 0 Å². The number of aromatic nitrogens is 3. The van der Waals surface area contributed by atoms with Gasteiger partial charge >= 0.3 is 0 Å². The highest BCUT2D eigenvalue weighted by molar-refractivity contribution is 7.99. The minimum atomic E-state index is 0.0723. The largest absolute Gasteiger partial charge is 0.469 e. The Kier molecular flexibility index (Phi) is 6.25. The first-order valence-corrected chi connectivity index (χ1v) is 9.37. The molecule has 0 aliphatic rings. The summed E-state index contributed by atoms with van der Waals surface area (Å²) in [7, 11) is 1.68. The highest BCUT2D eigenvalue weighted by Crippen LogP contribution is 2.27. The molecule has 136 valence electrons. The number of carbonyl (C=O) groups excluding carboxylic acids is 1. The van der Waals surface area contributed by atoms with Crippen molar-refractivity contribution in [3.8, 4) is 11.4 Å². The molecule has 0 fully saturated rings. The van der Waals surface area contributed by atoms with E-state index in [1.54, 1.807) is 13.4 Å². The maximum atomic E-state index is 12.4. The molecule has 0 atom stereocenters. The highest BCUT2D eigenvalue weighted by atomic mass is 32.2. The van der Waals surface area contributed by atoms with Gasteiger partial charge in [0, 0.05) is 25.8 Å². The number of benzene rings is 1. The molecule has 26 heavy (non-hydrogen) atoms. The number of aryl methyl sites for hydroxylation is 1. The standard InChI is InChI=1S/C19H21N3O3S/c1-14-16(9-12-25-14)18-20-21-19(22(18)10-6-11-24-2)26-13-17(23)15-7-4-3-5-8-15/h3-5,7-9,12H,6,10-11,13H2,1-2H3. The summed E-state index contributed by atoms with van der Waals surface area (Å²) in [5.74, 6) is 1.93. The van der Waals surface area contributed by atoms with Crippen molar-refractivity contribution < 1.29 is 13.9 Å². The number of ketones is 1. The second kappa shape index (κ2) is 8.82. The molecule has 0 N–H and O–H groups in total. The van der Waals surface area contributed by atoms with E-state index in [-0.39, 0.29) is 5.78 Å². The molecule has 0 unspecified atom stereocenters. The summed E-state index contributed by atoms with van der Waals surface area (Å²) < 4.78 is 12.6. The molecule has 0 radical (unpaired) electrons. The van der Waals surface area contributed by atoms with Crippen LogP contribution in [-0.2, 0) is 11.3 Å². The third-order valence-electron chi connectivity index (χ3n) is 3.97. The smallest absolute Gasteiger partial charge is 0.191 e. The monoisotopic (exact) mass is 371 g/mol. The van der Waals surface area contributed by atoms with Gasteiger partial charge in [0.25, 0.3) is 0 Å². The Morgan fingerprint density at radius 3 is 2.73 bits per heavy atom. The molecular weight excluding hydrogens is 350 g/mol. The zero-order chi connectivity index (χ0) is 18.4. The van der Waals surface area contributed by atoms with Gasteiger partial charge < -0.3 is 13.7 Å². The zero-order valence-electron chi connectivity index (χ0n) is 14.8. The Balaban J connectivity index is 1.78. The Morgan fingerprint density at radius 2 is 2.04 bits per heavy atom. The molecular formula is C19H21N3O3S. The van der Waals surface area contributed by atoms with Crippen LogP contribution >= 0.6 is 11.8 Å². The van der Waals surface area contributed by atoms with Gasteiger partial charge in [0.15, 0.2) is 16.8 Å². The van der Waals surface area contributed by atoms with Crippen LogP contribution in [0.15, 0.2) is 52.2 Å². The molecule has 0 bridgehead atoms. The van der Waals surface area contributed by atoms with Crippen LogP contribution in [0, 0.1) is 6.92 Å². The molecule has 2 aromatic heterocycles. The van der Waals surface area contributed by atoms with E-state index in [9.17, 15) is 4.79 Å². The van der Waals surface area contributed by atoms with Crippen molar-refractivity contribution in [1.29, 1.82) is 0 Å². The van der Waals surface area contributed by atoms with Crippen LogP contribution in [0.3, 0.4) is 0 Å². The molecule has 1 aromatic carbocycles. The van der Waals surface area contributed by atoms with Gasteiger partial charge in [0.1, 0.15) is 5.76 Å². The summed E-state index contributed by atoms with van der Waals surface area (Å²) in [5.41, 5.74) is 1.62. The first-order valence-electron chi connectivity index (χ1n) is 8.38. The summed E-state index contributed by atoms with van der Waals surface area (Å²) in [5, 5.41) is 9.35. The first-order chi connectivity index (χ1) is 12.7. The van der Waals surface area contributed by atoms with Gasteiger partial charge in [-0.05, 0) is 19.4 Å². The molecule has 0 amide bonds. The molecule has 0 aliphatic heterocycles. The van der Waals surface area contributed by atoms with Crippen molar-refractivity contribution >= 4 is 17.5 Å². The van der Waals surface area contributed by atoms with Gasteiger partial charge in [-0.2, -0.15) is 0 Å². The molecule has 2 heterocycles. The van der Waals surface area contributed by atoms with E-state index in [1.807, 2.05) is 47.9 Å². The van der Waals surface area contributed by atoms with Crippen molar-refractivity contribution in [3.05, 3.63) is 54.0 Å². The number of hydrogen-bond donors (Lipinski definition) is 0. The Hall–Kier alpha value is -2.38. The lowest BCUT2D eigenvalue weighted by Crippen LogP contribution is -2.07. The highest BCUT2D eigenvalue weighted by Gasteiger charge is 2.18. The number of Topliss-reactive ketones (excluding diaryl/α,β-unsaturated/α-hetero) is 1. The molecule has 0 aliphatic carbocycles. The van der Waals surface area contributed by atoms with Crippen molar-refractivity contribution in [1.82, 2.24) is 14.8 Å². The molecule has 0 saturated carbocycles. The Bertz CT molecular complexity index is 858. The Morgan fingerprint density at radius 1 is 1.23 bits per heavy atom. The van der Waals surface area contributed by atoms with Crippen LogP contribution in [0.25, 0.3) is 11.4 Å². The van der Waals surface area contributed by atoms with Gasteiger partial charge in [-0.15, -0.1) is 10.2 Å². The summed E-state index contributed by atoms with van der Waals surface area (Å²) >= 11 is 1.40. The van der Waals surface area contributed by atoms with Gasteiger partial charge in [0.2, 0.25) is 0 Å². The quantitative estimate of drug-likeness (QED) is 0.323. The van der Waals surface area contributed by atoms with E-state index in [4.69, 9.17) is 9.15 Å². The lowest BCUT2D eigenvalue weighted by Gasteiger charge is -2.09. The van der Waals surface area contributed by atoms with Gasteiger partial charge in [-0.1, -0.05) is 42.1 Å². The van der Waals surface area contributed by atoms with Crippen molar-refractivity contribution in [3.63, 3.8) is 0 Å². The van der Waals surface area contributed by atoms with Gasteiger partial charge in [-0.3, -0.25) is 4.79 Å². The summed E-state index contributed by atoms with van der Waals surface area (Å²) in [4.78, 5) is 12.4. The average molecular weight is 371 g/mol. The minimum Gasteiger partial charge on any atom is -0.469 e. The average Bonchev–Trinajstić information content (AvgIpc) is 3.26. The predicted molar refractivity (Wildman–Crippen MR) is 100 cm³/mol. The van der Waals surface area contributed by atoms with Crippen LogP contribution in [-0.4, -0.2) is 40.0 Å². The fourth-order valence-corrected chi connectivity index (χ4v) is 3.48. The van der Waals surface area contributed by atoms with Crippen LogP contribution in [0.4, 0.5) is 0 Å². The van der Waals surface area contributed by atoms with Crippen LogP contribution < -0.4 is 0 Å². The van der Waals surface area contributed by atoms with E-state index in [1.165, 1.54) is 11.8 Å². The van der Waals surface area contributed by atoms with Crippen LogP contribution in [0.1, 0.15) is 22.5 Å². The first kappa shape index (κ1) is 18.4. The summed E-state index contributed by atoms with van der Waals surface area (Å²) in [6, 6.07) is 11.2. The normalized spacial score (nSPS) is 11.0. The lowest BCUT2D eigenvalue weighted by atomic mass is 10.2. The minimum absolute atomic E-state index is 0.0723. The molecule has 0 spiro atoms. The predicted octanol–water partition coefficient (Wildman–Crippen LogP) is 3.86. The number of methoxy groups -OCH3 is 1. The SMILES string of the molecule is COCCCn1c(SCC(=O)c2ccccc2)nnc1-c1ccoc1C. The van der Waals surface area contributed by atoms with Gasteiger partial charge in [-0.25, -0.2) is 0 Å². The van der Waals surface area contributed by atoms with E-state index in [0.29, 0.717) is 24.5 Å². The maximum absolute atomic E-state index is 12.4. The number of hydrogen-bond acceptors (Lipinski definition) is 6. The topological polar surface area (TPSA) is 70.2 Å². The van der Waals surface area contributed by atoms with E-state index >= 15 is 0 Å². The maximum Gasteiger partial charge on any atom is 0.191 e. The third kappa shape index (κ3) is 4.23. The van der Waals surface area contributed by atoms with Gasteiger partial charge in [0.05, 0.1) is 17.6 Å². The summed E-state index contributed by atoms with van der Waals surface area (Å²) in [6.07, 6.45) is 2.48.